The number of carbonyl (C=O) groups excluding carboxylic acids is 1. The number of carbonyl (C=O) groups is 1. The number of hydrogen-bond acceptors (Lipinski definition) is 4. The Bertz CT molecular complexity index is 1260. The standard InChI is InChI=1S/C23H22N4O3/c1-13-20-21(26-25-13)23(29)27(22(20)14-7-8-18(28)19(11-14)30-2)10-9-15-12-24-17-6-4-3-5-16(15)17/h3-8,11-12,22,24,28H,9-10H2,1-2H3,(H,25,26)/t22-/m1/s1. The zero-order chi connectivity index (χ0) is 20.8. The molecule has 0 saturated carbocycles. The number of aromatic amines is 2. The van der Waals surface area contributed by atoms with E-state index in [0.717, 1.165) is 22.3 Å². The summed E-state index contributed by atoms with van der Waals surface area (Å²) in [5.41, 5.74) is 5.34. The van der Waals surface area contributed by atoms with Gasteiger partial charge in [0.15, 0.2) is 17.2 Å². The van der Waals surface area contributed by atoms with Crippen molar-refractivity contribution in [1.82, 2.24) is 20.1 Å². The number of aromatic hydroxyl groups is 1. The molecule has 1 aliphatic heterocycles. The molecule has 7 nitrogen and oxygen atoms in total. The van der Waals surface area contributed by atoms with Gasteiger partial charge in [0.2, 0.25) is 0 Å². The molecule has 0 fully saturated rings. The second-order valence-corrected chi connectivity index (χ2v) is 7.55. The third-order valence-corrected chi connectivity index (χ3v) is 5.86. The van der Waals surface area contributed by atoms with E-state index in [2.05, 4.69) is 21.2 Å². The van der Waals surface area contributed by atoms with Gasteiger partial charge in [0.05, 0.1) is 13.2 Å². The van der Waals surface area contributed by atoms with Crippen LogP contribution in [0.25, 0.3) is 10.9 Å². The first-order valence-corrected chi connectivity index (χ1v) is 9.86. The number of phenols is 1. The Kier molecular flexibility index (Phi) is 4.24. The molecule has 152 valence electrons. The summed E-state index contributed by atoms with van der Waals surface area (Å²) in [5, 5.41) is 18.4. The summed E-state index contributed by atoms with van der Waals surface area (Å²) in [4.78, 5) is 18.3. The van der Waals surface area contributed by atoms with Crippen LogP contribution in [0.1, 0.15) is 38.9 Å². The zero-order valence-corrected chi connectivity index (χ0v) is 16.8. The number of fused-ring (bicyclic) bond motifs is 2. The van der Waals surface area contributed by atoms with Crippen LogP contribution in [0.4, 0.5) is 0 Å². The zero-order valence-electron chi connectivity index (χ0n) is 16.8. The molecule has 0 radical (unpaired) electrons. The highest BCUT2D eigenvalue weighted by molar-refractivity contribution is 5.98. The quantitative estimate of drug-likeness (QED) is 0.474. The number of ether oxygens (including phenoxy) is 1. The second-order valence-electron chi connectivity index (χ2n) is 7.55. The molecule has 2 aromatic heterocycles. The number of nitrogens with zero attached hydrogens (tertiary/aromatic N) is 2. The minimum absolute atomic E-state index is 0.0695. The fraction of sp³-hybridized carbons (Fsp3) is 0.217. The van der Waals surface area contributed by atoms with E-state index in [4.69, 9.17) is 4.74 Å². The van der Waals surface area contributed by atoms with Crippen LogP contribution >= 0.6 is 0 Å². The maximum atomic E-state index is 13.2. The van der Waals surface area contributed by atoms with E-state index in [9.17, 15) is 9.90 Å². The summed E-state index contributed by atoms with van der Waals surface area (Å²) in [7, 11) is 1.52. The Morgan fingerprint density at radius 1 is 1.23 bits per heavy atom. The maximum Gasteiger partial charge on any atom is 0.275 e. The molecule has 0 unspecified atom stereocenters. The lowest BCUT2D eigenvalue weighted by Crippen LogP contribution is -2.31. The summed E-state index contributed by atoms with van der Waals surface area (Å²) in [5.74, 6) is 0.359. The van der Waals surface area contributed by atoms with Gasteiger partial charge in [-0.25, -0.2) is 0 Å². The van der Waals surface area contributed by atoms with Gasteiger partial charge in [-0.15, -0.1) is 0 Å². The summed E-state index contributed by atoms with van der Waals surface area (Å²) in [6.07, 6.45) is 2.72. The van der Waals surface area contributed by atoms with Gasteiger partial charge in [0, 0.05) is 34.9 Å². The number of methoxy groups -OCH3 is 1. The van der Waals surface area contributed by atoms with Gasteiger partial charge in [0.1, 0.15) is 0 Å². The number of phenolic OH excluding ortho intramolecular Hbond substituents is 1. The molecule has 0 spiro atoms. The van der Waals surface area contributed by atoms with Crippen LogP contribution in [0.3, 0.4) is 0 Å². The molecule has 1 amide bonds. The molecule has 30 heavy (non-hydrogen) atoms. The smallest absolute Gasteiger partial charge is 0.275 e. The number of H-pyrrole nitrogens is 2. The van der Waals surface area contributed by atoms with Gasteiger partial charge in [-0.2, -0.15) is 5.10 Å². The van der Waals surface area contributed by atoms with E-state index in [1.165, 1.54) is 18.1 Å². The summed E-state index contributed by atoms with van der Waals surface area (Å²) in [6.45, 7) is 2.47. The SMILES string of the molecule is COc1cc([C@@H]2c3c(n[nH]c3C)C(=O)N2CCc2c[nH]c3ccccc23)ccc1O. The van der Waals surface area contributed by atoms with Crippen LogP contribution in [0.15, 0.2) is 48.7 Å². The van der Waals surface area contributed by atoms with Gasteiger partial charge in [0.25, 0.3) is 5.91 Å². The van der Waals surface area contributed by atoms with Gasteiger partial charge in [-0.3, -0.25) is 9.89 Å². The summed E-state index contributed by atoms with van der Waals surface area (Å²) in [6, 6.07) is 13.1. The molecule has 3 heterocycles. The van der Waals surface area contributed by atoms with Crippen molar-refractivity contribution in [2.45, 2.75) is 19.4 Å². The molecule has 4 aromatic rings. The highest BCUT2D eigenvalue weighted by atomic mass is 16.5. The number of aromatic nitrogens is 3. The molecule has 5 rings (SSSR count). The number of amides is 1. The Morgan fingerprint density at radius 2 is 2.07 bits per heavy atom. The first-order chi connectivity index (χ1) is 14.6. The molecule has 1 aliphatic rings. The number of benzene rings is 2. The Hall–Kier alpha value is -3.74. The van der Waals surface area contributed by atoms with Crippen molar-refractivity contribution in [2.75, 3.05) is 13.7 Å². The highest BCUT2D eigenvalue weighted by Gasteiger charge is 2.41. The predicted octanol–water partition coefficient (Wildman–Crippen LogP) is 3.70. The van der Waals surface area contributed by atoms with Crippen molar-refractivity contribution in [3.8, 4) is 11.5 Å². The Morgan fingerprint density at radius 3 is 2.90 bits per heavy atom. The van der Waals surface area contributed by atoms with E-state index in [0.29, 0.717) is 24.4 Å². The maximum absolute atomic E-state index is 13.2. The van der Waals surface area contributed by atoms with Crippen molar-refractivity contribution in [2.24, 2.45) is 0 Å². The third-order valence-electron chi connectivity index (χ3n) is 5.86. The molecule has 2 aromatic carbocycles. The van der Waals surface area contributed by atoms with Crippen molar-refractivity contribution in [1.29, 1.82) is 0 Å². The normalized spacial score (nSPS) is 15.7. The van der Waals surface area contributed by atoms with Crippen molar-refractivity contribution in [3.05, 3.63) is 76.7 Å². The lowest BCUT2D eigenvalue weighted by Gasteiger charge is -2.26. The van der Waals surface area contributed by atoms with Gasteiger partial charge in [-0.05, 0) is 42.7 Å². The number of aryl methyl sites for hydroxylation is 1. The molecule has 3 N–H and O–H groups in total. The van der Waals surface area contributed by atoms with Crippen LogP contribution < -0.4 is 4.74 Å². The molecule has 0 saturated heterocycles. The monoisotopic (exact) mass is 402 g/mol. The van der Waals surface area contributed by atoms with Crippen LogP contribution in [0, 0.1) is 6.92 Å². The third kappa shape index (κ3) is 2.74. The Labute approximate surface area is 173 Å². The first-order valence-electron chi connectivity index (χ1n) is 9.86. The van der Waals surface area contributed by atoms with E-state index in [-0.39, 0.29) is 17.7 Å². The topological polar surface area (TPSA) is 94.2 Å². The molecule has 0 bridgehead atoms. The fourth-order valence-electron chi connectivity index (χ4n) is 4.37. The van der Waals surface area contributed by atoms with Crippen LogP contribution in [0.2, 0.25) is 0 Å². The summed E-state index contributed by atoms with van der Waals surface area (Å²) < 4.78 is 5.29. The van der Waals surface area contributed by atoms with E-state index in [1.807, 2.05) is 42.3 Å². The highest BCUT2D eigenvalue weighted by Crippen LogP contribution is 2.41. The lowest BCUT2D eigenvalue weighted by molar-refractivity contribution is 0.0745. The lowest BCUT2D eigenvalue weighted by atomic mass is 9.98. The average molecular weight is 402 g/mol. The number of para-hydroxylation sites is 1. The second kappa shape index (κ2) is 6.95. The minimum atomic E-state index is -0.286. The number of hydrogen-bond donors (Lipinski definition) is 3. The van der Waals surface area contributed by atoms with E-state index < -0.39 is 0 Å². The van der Waals surface area contributed by atoms with Crippen LogP contribution in [-0.4, -0.2) is 44.7 Å². The average Bonchev–Trinajstić information content (AvgIpc) is 3.42. The van der Waals surface area contributed by atoms with Gasteiger partial charge >= 0.3 is 0 Å². The van der Waals surface area contributed by atoms with E-state index >= 15 is 0 Å². The first kappa shape index (κ1) is 18.3. The predicted molar refractivity (Wildman–Crippen MR) is 113 cm³/mol. The van der Waals surface area contributed by atoms with Gasteiger partial charge in [-0.1, -0.05) is 24.3 Å². The van der Waals surface area contributed by atoms with Crippen molar-refractivity contribution >= 4 is 16.8 Å². The van der Waals surface area contributed by atoms with Gasteiger partial charge < -0.3 is 19.7 Å². The molecule has 7 heteroatoms. The van der Waals surface area contributed by atoms with Crippen molar-refractivity contribution < 1.29 is 14.6 Å². The minimum Gasteiger partial charge on any atom is -0.504 e. The number of rotatable bonds is 5. The molecule has 1 atom stereocenters. The fourth-order valence-corrected chi connectivity index (χ4v) is 4.37. The Balaban J connectivity index is 1.52. The summed E-state index contributed by atoms with van der Waals surface area (Å²) >= 11 is 0. The van der Waals surface area contributed by atoms with Crippen molar-refractivity contribution in [3.63, 3.8) is 0 Å². The molecular formula is C23H22N4O3. The molecule has 0 aliphatic carbocycles. The van der Waals surface area contributed by atoms with Crippen LogP contribution in [0.5, 0.6) is 11.5 Å². The number of nitrogens with one attached hydrogen (secondary N) is 2. The largest absolute Gasteiger partial charge is 0.504 e. The van der Waals surface area contributed by atoms with Crippen LogP contribution in [-0.2, 0) is 6.42 Å². The van der Waals surface area contributed by atoms with E-state index in [1.54, 1.807) is 12.1 Å². The molecular weight excluding hydrogens is 380 g/mol.